The Bertz CT molecular complexity index is 558. The van der Waals surface area contributed by atoms with Gasteiger partial charge in [0.15, 0.2) is 0 Å². The minimum Gasteiger partial charge on any atom is -0.444 e. The van der Waals surface area contributed by atoms with Gasteiger partial charge in [-0.2, -0.15) is 0 Å². The molecule has 1 aromatic heterocycles. The number of hydrogen-bond donors (Lipinski definition) is 2. The number of aliphatic hydroxyl groups is 1. The average Bonchev–Trinajstić information content (AvgIpc) is 2.91. The lowest BCUT2D eigenvalue weighted by Gasteiger charge is -2.31. The van der Waals surface area contributed by atoms with Gasteiger partial charge in [0.2, 0.25) is 0 Å². The monoisotopic (exact) mass is 370 g/mol. The summed E-state index contributed by atoms with van der Waals surface area (Å²) in [5, 5.41) is 16.0. The third-order valence-electron chi connectivity index (χ3n) is 3.97. The number of ether oxygens (including phenoxy) is 1. The molecular formula is C19H34N2O3S. The Morgan fingerprint density at radius 3 is 2.36 bits per heavy atom. The van der Waals surface area contributed by atoms with Gasteiger partial charge in [-0.1, -0.05) is 34.1 Å². The second-order valence-corrected chi connectivity index (χ2v) is 9.76. The predicted molar refractivity (Wildman–Crippen MR) is 103 cm³/mol. The molecule has 1 atom stereocenters. The molecule has 0 radical (unpaired) electrons. The minimum atomic E-state index is -0.534. The highest BCUT2D eigenvalue weighted by Gasteiger charge is 2.32. The molecule has 1 heterocycles. The number of amides is 1. The number of rotatable bonds is 7. The number of nitrogens with zero attached hydrogens (tertiary/aromatic N) is 1. The second kappa shape index (κ2) is 8.49. The third-order valence-corrected chi connectivity index (χ3v) is 4.82. The molecule has 2 N–H and O–H groups in total. The van der Waals surface area contributed by atoms with Crippen molar-refractivity contribution in [3.63, 3.8) is 0 Å². The fraction of sp³-hybridized carbons (Fsp3) is 0.789. The van der Waals surface area contributed by atoms with Crippen LogP contribution in [-0.2, 0) is 16.6 Å². The first kappa shape index (κ1) is 21.9. The summed E-state index contributed by atoms with van der Waals surface area (Å²) in [7, 11) is 0. The molecule has 1 rings (SSSR count). The molecule has 0 saturated carbocycles. The van der Waals surface area contributed by atoms with E-state index < -0.39 is 17.1 Å². The van der Waals surface area contributed by atoms with E-state index in [0.29, 0.717) is 13.0 Å². The number of alkyl carbamates (subject to hydrolysis) is 1. The van der Waals surface area contributed by atoms with E-state index in [4.69, 9.17) is 9.72 Å². The summed E-state index contributed by atoms with van der Waals surface area (Å²) < 4.78 is 5.31. The lowest BCUT2D eigenvalue weighted by molar-refractivity contribution is 0.0455. The zero-order chi connectivity index (χ0) is 19.3. The smallest absolute Gasteiger partial charge is 0.407 e. The van der Waals surface area contributed by atoms with Crippen molar-refractivity contribution in [3.05, 3.63) is 16.1 Å². The third kappa shape index (κ3) is 7.32. The molecule has 1 amide bonds. The summed E-state index contributed by atoms with van der Waals surface area (Å²) in [6, 6.07) is 0. The summed E-state index contributed by atoms with van der Waals surface area (Å²) in [5.41, 5.74) is 0.124. The van der Waals surface area contributed by atoms with Crippen molar-refractivity contribution in [1.82, 2.24) is 10.3 Å². The van der Waals surface area contributed by atoms with Crippen LogP contribution in [0, 0.1) is 5.41 Å². The molecule has 25 heavy (non-hydrogen) atoms. The Hall–Kier alpha value is -1.14. The number of carbonyl (C=O) groups excluding carboxylic acids is 1. The van der Waals surface area contributed by atoms with Gasteiger partial charge >= 0.3 is 6.09 Å². The van der Waals surface area contributed by atoms with Crippen LogP contribution in [0.1, 0.15) is 72.0 Å². The molecule has 6 heteroatoms. The summed E-state index contributed by atoms with van der Waals surface area (Å²) in [5.74, 6) is 0. The molecule has 0 aromatic carbocycles. The molecule has 0 aliphatic rings. The molecule has 144 valence electrons. The van der Waals surface area contributed by atoms with E-state index in [0.717, 1.165) is 23.5 Å². The van der Waals surface area contributed by atoms with Gasteiger partial charge in [0, 0.05) is 29.2 Å². The van der Waals surface area contributed by atoms with Crippen molar-refractivity contribution in [1.29, 1.82) is 0 Å². The molecule has 0 aliphatic heterocycles. The topological polar surface area (TPSA) is 71.5 Å². The number of carbonyl (C=O) groups is 1. The number of nitrogens with one attached hydrogen (secondary N) is 1. The Balaban J connectivity index is 2.84. The lowest BCUT2D eigenvalue weighted by Crippen LogP contribution is -2.43. The highest BCUT2D eigenvalue weighted by molar-refractivity contribution is 7.09. The van der Waals surface area contributed by atoms with Gasteiger partial charge in [-0.15, -0.1) is 11.3 Å². The molecule has 0 bridgehead atoms. The zero-order valence-electron chi connectivity index (χ0n) is 16.7. The minimum absolute atomic E-state index is 0.00106. The van der Waals surface area contributed by atoms with Crippen molar-refractivity contribution in [2.75, 3.05) is 13.2 Å². The second-order valence-electron chi connectivity index (χ2n) is 8.82. The van der Waals surface area contributed by atoms with Crippen LogP contribution in [0.3, 0.4) is 0 Å². The molecule has 1 unspecified atom stereocenters. The van der Waals surface area contributed by atoms with E-state index in [-0.39, 0.29) is 12.0 Å². The first-order chi connectivity index (χ1) is 11.4. The van der Waals surface area contributed by atoms with Crippen LogP contribution in [-0.4, -0.2) is 34.9 Å². The maximum absolute atomic E-state index is 12.0. The van der Waals surface area contributed by atoms with Gasteiger partial charge < -0.3 is 15.2 Å². The first-order valence-corrected chi connectivity index (χ1v) is 9.81. The molecular weight excluding hydrogens is 336 g/mol. The number of aromatic nitrogens is 1. The van der Waals surface area contributed by atoms with Crippen molar-refractivity contribution < 1.29 is 14.6 Å². The normalized spacial score (nSPS) is 14.9. The van der Waals surface area contributed by atoms with E-state index in [1.54, 1.807) is 11.3 Å². The average molecular weight is 371 g/mol. The maximum Gasteiger partial charge on any atom is 0.407 e. The van der Waals surface area contributed by atoms with Gasteiger partial charge in [-0.05, 0) is 27.2 Å². The summed E-state index contributed by atoms with van der Waals surface area (Å²) in [6.07, 6.45) is 1.93. The zero-order valence-corrected chi connectivity index (χ0v) is 17.5. The van der Waals surface area contributed by atoms with E-state index >= 15 is 0 Å². The number of hydrogen-bond acceptors (Lipinski definition) is 5. The summed E-state index contributed by atoms with van der Waals surface area (Å²) in [6.45, 7) is 14.4. The number of aliphatic hydroxyl groups excluding tert-OH is 1. The summed E-state index contributed by atoms with van der Waals surface area (Å²) >= 11 is 1.62. The predicted octanol–water partition coefficient (Wildman–Crippen LogP) is 4.29. The lowest BCUT2D eigenvalue weighted by atomic mass is 9.81. The number of thiazole rings is 1. The van der Waals surface area contributed by atoms with Crippen LogP contribution >= 0.6 is 11.3 Å². The molecule has 0 aliphatic carbocycles. The quantitative estimate of drug-likeness (QED) is 0.751. The summed E-state index contributed by atoms with van der Waals surface area (Å²) in [4.78, 5) is 16.7. The van der Waals surface area contributed by atoms with E-state index in [2.05, 4.69) is 38.4 Å². The Labute approximate surface area is 156 Å². The SMILES string of the molecule is CCCC(CO)(CNC(=O)OC(C)(C)C)Cc1nc(C(C)(C)C)cs1. The largest absolute Gasteiger partial charge is 0.444 e. The highest BCUT2D eigenvalue weighted by Crippen LogP contribution is 2.31. The fourth-order valence-corrected chi connectivity index (χ4v) is 3.79. The van der Waals surface area contributed by atoms with E-state index in [1.807, 2.05) is 20.8 Å². The van der Waals surface area contributed by atoms with Gasteiger partial charge in [-0.3, -0.25) is 0 Å². The van der Waals surface area contributed by atoms with Crippen LogP contribution < -0.4 is 5.32 Å². The van der Waals surface area contributed by atoms with E-state index in [9.17, 15) is 9.90 Å². The van der Waals surface area contributed by atoms with Gasteiger partial charge in [-0.25, -0.2) is 9.78 Å². The molecule has 0 fully saturated rings. The molecule has 5 nitrogen and oxygen atoms in total. The van der Waals surface area contributed by atoms with Crippen molar-refractivity contribution >= 4 is 17.4 Å². The van der Waals surface area contributed by atoms with Crippen molar-refractivity contribution in [2.24, 2.45) is 5.41 Å². The first-order valence-electron chi connectivity index (χ1n) is 8.93. The Morgan fingerprint density at radius 2 is 1.92 bits per heavy atom. The van der Waals surface area contributed by atoms with Crippen LogP contribution in [0.25, 0.3) is 0 Å². The van der Waals surface area contributed by atoms with Gasteiger partial charge in [0.05, 0.1) is 17.3 Å². The standard InChI is InChI=1S/C19H34N2O3S/c1-8-9-19(13-22,12-20-16(23)24-18(5,6)7)10-15-21-14(11-25-15)17(2,3)4/h11,22H,8-10,12-13H2,1-7H3,(H,20,23). The van der Waals surface area contributed by atoms with Gasteiger partial charge in [0.1, 0.15) is 5.60 Å². The van der Waals surface area contributed by atoms with Crippen LogP contribution in [0.15, 0.2) is 5.38 Å². The molecule has 0 spiro atoms. The van der Waals surface area contributed by atoms with Crippen LogP contribution in [0.4, 0.5) is 4.79 Å². The van der Waals surface area contributed by atoms with Crippen molar-refractivity contribution in [3.8, 4) is 0 Å². The van der Waals surface area contributed by atoms with Gasteiger partial charge in [0.25, 0.3) is 0 Å². The molecule has 0 saturated heterocycles. The Kier molecular flexibility index (Phi) is 7.44. The fourth-order valence-electron chi connectivity index (χ4n) is 2.59. The van der Waals surface area contributed by atoms with E-state index in [1.165, 1.54) is 0 Å². The Morgan fingerprint density at radius 1 is 1.28 bits per heavy atom. The van der Waals surface area contributed by atoms with Crippen LogP contribution in [0.5, 0.6) is 0 Å². The van der Waals surface area contributed by atoms with Crippen molar-refractivity contribution in [2.45, 2.75) is 78.7 Å². The molecule has 1 aromatic rings. The van der Waals surface area contributed by atoms with Crippen LogP contribution in [0.2, 0.25) is 0 Å². The highest BCUT2D eigenvalue weighted by atomic mass is 32.1. The maximum atomic E-state index is 12.0.